The van der Waals surface area contributed by atoms with E-state index in [1.165, 1.54) is 23.8 Å². The van der Waals surface area contributed by atoms with E-state index in [0.29, 0.717) is 11.3 Å². The van der Waals surface area contributed by atoms with Crippen LogP contribution < -0.4 is 11.0 Å². The van der Waals surface area contributed by atoms with Gasteiger partial charge in [0.15, 0.2) is 5.78 Å². The van der Waals surface area contributed by atoms with Crippen LogP contribution in [-0.4, -0.2) is 18.2 Å². The highest BCUT2D eigenvalue weighted by molar-refractivity contribution is 6.32. The van der Waals surface area contributed by atoms with E-state index in [0.717, 1.165) is 0 Å². The summed E-state index contributed by atoms with van der Waals surface area (Å²) < 4.78 is 1.38. The van der Waals surface area contributed by atoms with Gasteiger partial charge in [-0.2, -0.15) is 0 Å². The van der Waals surface area contributed by atoms with Gasteiger partial charge in [-0.1, -0.05) is 24.3 Å². The van der Waals surface area contributed by atoms with Crippen LogP contribution in [0.1, 0.15) is 17.3 Å². The topological polar surface area (TPSA) is 39.1 Å². The SMILES string of the molecule is [B]c1cc(C(C)=O)cn(-c2ccccc2)c1=O. The summed E-state index contributed by atoms with van der Waals surface area (Å²) in [6.07, 6.45) is 1.51. The molecule has 0 bridgehead atoms. The van der Waals surface area contributed by atoms with E-state index in [2.05, 4.69) is 0 Å². The van der Waals surface area contributed by atoms with E-state index in [9.17, 15) is 9.59 Å². The largest absolute Gasteiger partial charge is 0.294 e. The number of rotatable bonds is 2. The van der Waals surface area contributed by atoms with Crippen molar-refractivity contribution < 1.29 is 4.79 Å². The Morgan fingerprint density at radius 2 is 1.88 bits per heavy atom. The van der Waals surface area contributed by atoms with Gasteiger partial charge >= 0.3 is 0 Å². The summed E-state index contributed by atoms with van der Waals surface area (Å²) in [5.74, 6) is -0.124. The molecule has 0 aliphatic rings. The van der Waals surface area contributed by atoms with Gasteiger partial charge in [-0.05, 0) is 24.5 Å². The molecule has 0 N–H and O–H groups in total. The normalized spacial score (nSPS) is 10.2. The number of nitrogens with zero attached hydrogens (tertiary/aromatic N) is 1. The van der Waals surface area contributed by atoms with Crippen molar-refractivity contribution in [3.63, 3.8) is 0 Å². The minimum atomic E-state index is -0.318. The highest BCUT2D eigenvalue weighted by atomic mass is 16.1. The van der Waals surface area contributed by atoms with Crippen LogP contribution in [0.25, 0.3) is 5.69 Å². The average molecular weight is 223 g/mol. The average Bonchev–Trinajstić information content (AvgIpc) is 2.33. The molecule has 82 valence electrons. The highest BCUT2D eigenvalue weighted by Gasteiger charge is 2.07. The summed E-state index contributed by atoms with van der Waals surface area (Å²) in [4.78, 5) is 23.2. The number of carbonyl (C=O) groups is 1. The molecule has 4 heteroatoms. The number of hydrogen-bond donors (Lipinski definition) is 0. The first-order chi connectivity index (χ1) is 8.09. The van der Waals surface area contributed by atoms with Crippen molar-refractivity contribution in [2.24, 2.45) is 0 Å². The number of Topliss-reactive ketones (excluding diaryl/α,β-unsaturated/α-hetero) is 1. The molecule has 0 spiro atoms. The second kappa shape index (κ2) is 4.41. The minimum absolute atomic E-state index is 0.0709. The highest BCUT2D eigenvalue weighted by Crippen LogP contribution is 2.05. The maximum atomic E-state index is 11.9. The first kappa shape index (κ1) is 11.4. The molecule has 0 saturated carbocycles. The lowest BCUT2D eigenvalue weighted by Gasteiger charge is -2.08. The van der Waals surface area contributed by atoms with Crippen LogP contribution in [0.3, 0.4) is 0 Å². The molecule has 0 amide bonds. The Balaban J connectivity index is 2.70. The van der Waals surface area contributed by atoms with Gasteiger partial charge in [-0.3, -0.25) is 14.2 Å². The summed E-state index contributed by atoms with van der Waals surface area (Å²) >= 11 is 0. The van der Waals surface area contributed by atoms with Gasteiger partial charge < -0.3 is 0 Å². The summed E-state index contributed by atoms with van der Waals surface area (Å²) in [5.41, 5.74) is 0.862. The summed E-state index contributed by atoms with van der Waals surface area (Å²) in [5, 5.41) is 0. The van der Waals surface area contributed by atoms with Crippen LogP contribution in [0.5, 0.6) is 0 Å². The van der Waals surface area contributed by atoms with Crippen molar-refractivity contribution in [2.75, 3.05) is 0 Å². The number of hydrogen-bond acceptors (Lipinski definition) is 2. The van der Waals surface area contributed by atoms with E-state index in [1.807, 2.05) is 18.2 Å². The van der Waals surface area contributed by atoms with E-state index in [-0.39, 0.29) is 16.8 Å². The second-order valence-electron chi connectivity index (χ2n) is 3.75. The van der Waals surface area contributed by atoms with Crippen molar-refractivity contribution in [3.8, 4) is 5.69 Å². The standard InChI is InChI=1S/C13H10BNO2/c1-9(16)10-7-12(14)13(17)15(8-10)11-5-3-2-4-6-11/h2-8H,1H3. The molecule has 0 aliphatic heterocycles. The molecular weight excluding hydrogens is 213 g/mol. The summed E-state index contributed by atoms with van der Waals surface area (Å²) in [6.45, 7) is 1.44. The minimum Gasteiger partial charge on any atom is -0.294 e. The number of pyridine rings is 1. The number of benzene rings is 1. The number of carbonyl (C=O) groups excluding carboxylic acids is 1. The zero-order valence-corrected chi connectivity index (χ0v) is 9.38. The third kappa shape index (κ3) is 2.20. The fourth-order valence-corrected chi connectivity index (χ4v) is 1.58. The molecule has 0 aliphatic carbocycles. The Morgan fingerprint density at radius 1 is 1.24 bits per heavy atom. The van der Waals surface area contributed by atoms with Crippen molar-refractivity contribution in [1.82, 2.24) is 4.57 Å². The van der Waals surface area contributed by atoms with Crippen LogP contribution >= 0.6 is 0 Å². The lowest BCUT2D eigenvalue weighted by molar-refractivity contribution is 0.101. The van der Waals surface area contributed by atoms with Crippen LogP contribution in [0.4, 0.5) is 0 Å². The Morgan fingerprint density at radius 3 is 2.47 bits per heavy atom. The fraction of sp³-hybridized carbons (Fsp3) is 0.0769. The Bertz CT molecular complexity index is 617. The predicted molar refractivity (Wildman–Crippen MR) is 67.4 cm³/mol. The zero-order valence-electron chi connectivity index (χ0n) is 9.38. The molecule has 2 radical (unpaired) electrons. The van der Waals surface area contributed by atoms with E-state index in [4.69, 9.17) is 7.85 Å². The molecule has 0 unspecified atom stereocenters. The number of para-hydroxylation sites is 1. The van der Waals surface area contributed by atoms with Crippen LogP contribution in [0.2, 0.25) is 0 Å². The zero-order chi connectivity index (χ0) is 12.4. The monoisotopic (exact) mass is 223 g/mol. The molecule has 1 aromatic carbocycles. The molecule has 0 fully saturated rings. The van der Waals surface area contributed by atoms with Crippen LogP contribution in [-0.2, 0) is 0 Å². The van der Waals surface area contributed by atoms with Gasteiger partial charge in [-0.25, -0.2) is 0 Å². The van der Waals surface area contributed by atoms with Crippen molar-refractivity contribution >= 4 is 19.1 Å². The molecule has 2 rings (SSSR count). The van der Waals surface area contributed by atoms with Crippen LogP contribution in [0, 0.1) is 0 Å². The predicted octanol–water partition coefficient (Wildman–Crippen LogP) is 0.834. The maximum absolute atomic E-state index is 11.9. The molecular formula is C13H10BNO2. The molecule has 1 aromatic heterocycles. The Labute approximate surface area is 100 Å². The second-order valence-corrected chi connectivity index (χ2v) is 3.75. The van der Waals surface area contributed by atoms with Crippen molar-refractivity contribution in [2.45, 2.75) is 6.92 Å². The lowest BCUT2D eigenvalue weighted by atomic mass is 9.95. The van der Waals surface area contributed by atoms with Crippen LogP contribution in [0.15, 0.2) is 47.4 Å². The molecule has 2 aromatic rings. The van der Waals surface area contributed by atoms with E-state index in [1.54, 1.807) is 12.1 Å². The third-order valence-electron chi connectivity index (χ3n) is 2.49. The first-order valence-corrected chi connectivity index (χ1v) is 5.18. The lowest BCUT2D eigenvalue weighted by Crippen LogP contribution is -2.34. The Hall–Kier alpha value is -2.10. The first-order valence-electron chi connectivity index (χ1n) is 5.18. The van der Waals surface area contributed by atoms with Gasteiger partial charge in [0.05, 0.1) is 0 Å². The van der Waals surface area contributed by atoms with Crippen molar-refractivity contribution in [3.05, 3.63) is 58.5 Å². The Kier molecular flexibility index (Phi) is 2.96. The molecule has 0 atom stereocenters. The summed E-state index contributed by atoms with van der Waals surface area (Å²) in [7, 11) is 5.61. The maximum Gasteiger partial charge on any atom is 0.247 e. The van der Waals surface area contributed by atoms with Gasteiger partial charge in [0.1, 0.15) is 7.85 Å². The van der Waals surface area contributed by atoms with Gasteiger partial charge in [0.2, 0.25) is 5.56 Å². The fourth-order valence-electron chi connectivity index (χ4n) is 1.58. The molecule has 3 nitrogen and oxygen atoms in total. The molecule has 0 saturated heterocycles. The van der Waals surface area contributed by atoms with Gasteiger partial charge in [-0.15, -0.1) is 0 Å². The third-order valence-corrected chi connectivity index (χ3v) is 2.49. The number of aromatic nitrogens is 1. The summed E-state index contributed by atoms with van der Waals surface area (Å²) in [6, 6.07) is 10.5. The van der Waals surface area contributed by atoms with E-state index >= 15 is 0 Å². The quantitative estimate of drug-likeness (QED) is 0.558. The van der Waals surface area contributed by atoms with Gasteiger partial charge in [0.25, 0.3) is 0 Å². The molecule has 17 heavy (non-hydrogen) atoms. The molecule has 1 heterocycles. The van der Waals surface area contributed by atoms with E-state index < -0.39 is 0 Å². The number of ketones is 1. The van der Waals surface area contributed by atoms with Gasteiger partial charge in [0, 0.05) is 17.4 Å². The smallest absolute Gasteiger partial charge is 0.247 e. The van der Waals surface area contributed by atoms with Crippen molar-refractivity contribution in [1.29, 1.82) is 0 Å².